The van der Waals surface area contributed by atoms with E-state index in [2.05, 4.69) is 0 Å². The van der Waals surface area contributed by atoms with Crippen molar-refractivity contribution in [3.05, 3.63) is 23.8 Å². The van der Waals surface area contributed by atoms with Crippen molar-refractivity contribution in [3.8, 4) is 0 Å². The molecule has 7 heteroatoms. The first-order chi connectivity index (χ1) is 8.80. The number of nitrogen functional groups attached to an aromatic ring is 1. The smallest absolute Gasteiger partial charge is 0.337 e. The molecule has 1 aromatic carbocycles. The predicted octanol–water partition coefficient (Wildman–Crippen LogP) is 1.39. The van der Waals surface area contributed by atoms with Crippen molar-refractivity contribution in [2.24, 2.45) is 0 Å². The van der Waals surface area contributed by atoms with Crippen LogP contribution >= 0.6 is 0 Å². The summed E-state index contributed by atoms with van der Waals surface area (Å²) >= 11 is 0. The molecule has 0 saturated carbocycles. The third kappa shape index (κ3) is 3.45. The maximum atomic E-state index is 12.3. The average Bonchev–Trinajstić information content (AvgIpc) is 2.35. The molecule has 0 aliphatic carbocycles. The summed E-state index contributed by atoms with van der Waals surface area (Å²) in [4.78, 5) is 10.8. The molecule has 0 aliphatic heterocycles. The van der Waals surface area contributed by atoms with E-state index in [0.29, 0.717) is 13.0 Å². The van der Waals surface area contributed by atoms with E-state index < -0.39 is 16.0 Å². The highest BCUT2D eigenvalue weighted by Crippen LogP contribution is 2.22. The van der Waals surface area contributed by atoms with Crippen LogP contribution in [-0.2, 0) is 10.0 Å². The summed E-state index contributed by atoms with van der Waals surface area (Å²) in [6.07, 6.45) is 1.56. The third-order valence-electron chi connectivity index (χ3n) is 2.75. The number of aromatic carboxylic acids is 1. The van der Waals surface area contributed by atoms with E-state index in [1.165, 1.54) is 25.2 Å². The Kier molecular flexibility index (Phi) is 4.90. The molecule has 0 aromatic heterocycles. The Morgan fingerprint density at radius 1 is 1.42 bits per heavy atom. The number of sulfonamides is 1. The fraction of sp³-hybridized carbons (Fsp3) is 0.417. The lowest BCUT2D eigenvalue weighted by Gasteiger charge is -2.18. The highest BCUT2D eigenvalue weighted by molar-refractivity contribution is 7.89. The molecule has 0 bridgehead atoms. The molecule has 19 heavy (non-hydrogen) atoms. The zero-order valence-corrected chi connectivity index (χ0v) is 11.8. The van der Waals surface area contributed by atoms with Gasteiger partial charge >= 0.3 is 5.97 Å². The van der Waals surface area contributed by atoms with Crippen LogP contribution in [0.4, 0.5) is 5.69 Å². The summed E-state index contributed by atoms with van der Waals surface area (Å²) in [5, 5.41) is 9.05. The van der Waals surface area contributed by atoms with Crippen LogP contribution in [0.3, 0.4) is 0 Å². The highest BCUT2D eigenvalue weighted by Gasteiger charge is 2.26. The lowest BCUT2D eigenvalue weighted by Crippen LogP contribution is -2.29. The molecule has 106 valence electrons. The molecule has 3 N–H and O–H groups in total. The highest BCUT2D eigenvalue weighted by atomic mass is 32.2. The maximum Gasteiger partial charge on any atom is 0.337 e. The second kappa shape index (κ2) is 6.03. The number of carboxylic acids is 1. The van der Waals surface area contributed by atoms with Gasteiger partial charge in [-0.3, -0.25) is 0 Å². The Hall–Kier alpha value is -1.60. The van der Waals surface area contributed by atoms with Crippen LogP contribution in [0.1, 0.15) is 30.1 Å². The molecule has 0 fully saturated rings. The number of hydrogen-bond acceptors (Lipinski definition) is 4. The maximum absolute atomic E-state index is 12.3. The Bertz CT molecular complexity index is 569. The quantitative estimate of drug-likeness (QED) is 0.769. The summed E-state index contributed by atoms with van der Waals surface area (Å²) in [6, 6.07) is 3.76. The van der Waals surface area contributed by atoms with Crippen LogP contribution in [0.25, 0.3) is 0 Å². The monoisotopic (exact) mass is 286 g/mol. The van der Waals surface area contributed by atoms with Crippen molar-refractivity contribution in [3.63, 3.8) is 0 Å². The molecule has 0 saturated heterocycles. The molecule has 6 nitrogen and oxygen atoms in total. The van der Waals surface area contributed by atoms with E-state index in [1.807, 2.05) is 6.92 Å². The van der Waals surface area contributed by atoms with Crippen molar-refractivity contribution in [2.45, 2.75) is 24.7 Å². The Morgan fingerprint density at radius 3 is 2.58 bits per heavy atom. The van der Waals surface area contributed by atoms with E-state index in [1.54, 1.807) is 0 Å². The first-order valence-electron chi connectivity index (χ1n) is 5.90. The van der Waals surface area contributed by atoms with Gasteiger partial charge in [0.25, 0.3) is 0 Å². The van der Waals surface area contributed by atoms with Crippen LogP contribution in [0, 0.1) is 0 Å². The summed E-state index contributed by atoms with van der Waals surface area (Å²) in [7, 11) is -2.41. The van der Waals surface area contributed by atoms with Crippen molar-refractivity contribution >= 4 is 21.7 Å². The average molecular weight is 286 g/mol. The van der Waals surface area contributed by atoms with Crippen LogP contribution < -0.4 is 5.73 Å². The number of nitrogens with two attached hydrogens (primary N) is 1. The topological polar surface area (TPSA) is 101 Å². The van der Waals surface area contributed by atoms with Crippen LogP contribution in [0.5, 0.6) is 0 Å². The standard InChI is InChI=1S/C12H18N2O4S/c1-3-4-7-14(2)19(17,18)11-8-9(13)5-6-10(11)12(15)16/h5-6,8H,3-4,7,13H2,1-2H3,(H,15,16). The number of carboxylic acid groups (broad SMARTS) is 1. The predicted molar refractivity (Wildman–Crippen MR) is 72.5 cm³/mol. The number of benzene rings is 1. The van der Waals surface area contributed by atoms with Gasteiger partial charge in [0.15, 0.2) is 0 Å². The molecule has 1 rings (SSSR count). The molecule has 0 heterocycles. The summed E-state index contributed by atoms with van der Waals surface area (Å²) in [5.74, 6) is -1.29. The largest absolute Gasteiger partial charge is 0.478 e. The molecular weight excluding hydrogens is 268 g/mol. The minimum atomic E-state index is -3.84. The second-order valence-corrected chi connectivity index (χ2v) is 6.25. The fourth-order valence-electron chi connectivity index (χ4n) is 1.60. The minimum Gasteiger partial charge on any atom is -0.478 e. The van der Waals surface area contributed by atoms with Gasteiger partial charge in [-0.15, -0.1) is 0 Å². The number of anilines is 1. The second-order valence-electron chi connectivity index (χ2n) is 4.24. The van der Waals surface area contributed by atoms with Crippen molar-refractivity contribution in [1.29, 1.82) is 0 Å². The number of unbranched alkanes of at least 4 members (excludes halogenated alkanes) is 1. The van der Waals surface area contributed by atoms with Crippen molar-refractivity contribution in [1.82, 2.24) is 4.31 Å². The zero-order valence-electron chi connectivity index (χ0n) is 11.0. The van der Waals surface area contributed by atoms with Gasteiger partial charge in [-0.25, -0.2) is 17.5 Å². The lowest BCUT2D eigenvalue weighted by molar-refractivity contribution is 0.0692. The number of nitrogens with zero attached hydrogens (tertiary/aromatic N) is 1. The third-order valence-corrected chi connectivity index (χ3v) is 4.65. The fourth-order valence-corrected chi connectivity index (χ4v) is 3.02. The number of carbonyl (C=O) groups is 1. The van der Waals surface area contributed by atoms with Gasteiger partial charge in [0.05, 0.1) is 10.5 Å². The first-order valence-corrected chi connectivity index (χ1v) is 7.34. The Balaban J connectivity index is 3.27. The van der Waals surface area contributed by atoms with E-state index >= 15 is 0 Å². The van der Waals surface area contributed by atoms with E-state index in [4.69, 9.17) is 10.8 Å². The van der Waals surface area contributed by atoms with E-state index in [-0.39, 0.29) is 16.1 Å². The Morgan fingerprint density at radius 2 is 2.05 bits per heavy atom. The molecule has 0 amide bonds. The molecular formula is C12H18N2O4S. The zero-order chi connectivity index (χ0) is 14.6. The molecule has 0 spiro atoms. The van der Waals surface area contributed by atoms with Crippen LogP contribution in [0.15, 0.2) is 23.1 Å². The first kappa shape index (κ1) is 15.5. The van der Waals surface area contributed by atoms with Crippen LogP contribution in [0.2, 0.25) is 0 Å². The van der Waals surface area contributed by atoms with E-state index in [0.717, 1.165) is 10.7 Å². The summed E-state index contributed by atoms with van der Waals surface area (Å²) in [5.41, 5.74) is 5.50. The molecule has 0 radical (unpaired) electrons. The van der Waals surface area contributed by atoms with E-state index in [9.17, 15) is 13.2 Å². The van der Waals surface area contributed by atoms with Crippen molar-refractivity contribution < 1.29 is 18.3 Å². The van der Waals surface area contributed by atoms with Gasteiger partial charge in [0.2, 0.25) is 10.0 Å². The van der Waals surface area contributed by atoms with Gasteiger partial charge in [-0.2, -0.15) is 0 Å². The molecule has 0 unspecified atom stereocenters. The SMILES string of the molecule is CCCCN(C)S(=O)(=O)c1cc(N)ccc1C(=O)O. The van der Waals surface area contributed by atoms with Crippen molar-refractivity contribution in [2.75, 3.05) is 19.3 Å². The summed E-state index contributed by atoms with van der Waals surface area (Å²) in [6.45, 7) is 2.29. The number of rotatable bonds is 6. The van der Waals surface area contributed by atoms with Gasteiger partial charge in [0, 0.05) is 19.3 Å². The lowest BCUT2D eigenvalue weighted by atomic mass is 10.2. The molecule has 1 aromatic rings. The van der Waals surface area contributed by atoms with Gasteiger partial charge in [-0.1, -0.05) is 13.3 Å². The summed E-state index contributed by atoms with van der Waals surface area (Å²) < 4.78 is 25.8. The molecule has 0 aliphatic rings. The van der Waals surface area contributed by atoms with Gasteiger partial charge in [0.1, 0.15) is 0 Å². The van der Waals surface area contributed by atoms with Gasteiger partial charge < -0.3 is 10.8 Å². The van der Waals surface area contributed by atoms with Crippen LogP contribution in [-0.4, -0.2) is 37.4 Å². The Labute approximate surface area is 112 Å². The normalized spacial score (nSPS) is 11.7. The molecule has 0 atom stereocenters. The van der Waals surface area contributed by atoms with Gasteiger partial charge in [-0.05, 0) is 24.6 Å². The minimum absolute atomic E-state index is 0.215. The number of hydrogen-bond donors (Lipinski definition) is 2.